The molecule has 2 amide bonds. The van der Waals surface area contributed by atoms with E-state index >= 15 is 0 Å². The van der Waals surface area contributed by atoms with Gasteiger partial charge < -0.3 is 15.1 Å². The van der Waals surface area contributed by atoms with E-state index in [0.717, 1.165) is 16.9 Å². The van der Waals surface area contributed by atoms with Gasteiger partial charge in [-0.25, -0.2) is 0 Å². The molecular formula is C17H13N3O5S. The highest BCUT2D eigenvalue weighted by Crippen LogP contribution is 2.23. The van der Waals surface area contributed by atoms with Gasteiger partial charge in [-0.05, 0) is 35.9 Å². The summed E-state index contributed by atoms with van der Waals surface area (Å²) < 4.78 is 5.01. The number of benzene rings is 1. The van der Waals surface area contributed by atoms with E-state index in [1.807, 2.05) is 0 Å². The van der Waals surface area contributed by atoms with Crippen LogP contribution in [0, 0.1) is 10.1 Å². The fourth-order valence-electron chi connectivity index (χ4n) is 2.12. The smallest absolute Gasteiger partial charge is 0.324 e. The number of nitrogens with zero attached hydrogens (tertiary/aromatic N) is 1. The van der Waals surface area contributed by atoms with E-state index in [4.69, 9.17) is 4.42 Å². The normalized spacial score (nSPS) is 10.3. The average molecular weight is 371 g/mol. The first-order chi connectivity index (χ1) is 12.5. The minimum Gasteiger partial charge on any atom is -0.459 e. The number of amides is 2. The van der Waals surface area contributed by atoms with Crippen LogP contribution in [0.25, 0.3) is 0 Å². The number of nitrogens with one attached hydrogen (secondary N) is 2. The zero-order valence-corrected chi connectivity index (χ0v) is 14.1. The summed E-state index contributed by atoms with van der Waals surface area (Å²) in [5, 5.41) is 16.0. The molecule has 8 nitrogen and oxygen atoms in total. The lowest BCUT2D eigenvalue weighted by Crippen LogP contribution is -2.21. The second-order valence-electron chi connectivity index (χ2n) is 5.21. The van der Waals surface area contributed by atoms with Crippen LogP contribution >= 0.6 is 11.3 Å². The lowest BCUT2D eigenvalue weighted by Gasteiger charge is -2.06. The molecular weight excluding hydrogens is 358 g/mol. The first-order valence-electron chi connectivity index (χ1n) is 7.49. The minimum atomic E-state index is -0.531. The van der Waals surface area contributed by atoms with E-state index in [-0.39, 0.29) is 34.0 Å². The number of anilines is 1. The third-order valence-electron chi connectivity index (χ3n) is 3.41. The van der Waals surface area contributed by atoms with Crippen molar-refractivity contribution in [2.45, 2.75) is 6.54 Å². The Morgan fingerprint density at radius 2 is 1.85 bits per heavy atom. The molecule has 0 aliphatic carbocycles. The molecule has 132 valence electrons. The molecule has 0 saturated carbocycles. The second-order valence-corrected chi connectivity index (χ2v) is 6.27. The van der Waals surface area contributed by atoms with Gasteiger partial charge in [-0.3, -0.25) is 19.7 Å². The highest BCUT2D eigenvalue weighted by atomic mass is 32.1. The molecule has 1 aromatic carbocycles. The van der Waals surface area contributed by atoms with Crippen molar-refractivity contribution in [3.63, 3.8) is 0 Å². The van der Waals surface area contributed by atoms with E-state index in [2.05, 4.69) is 10.6 Å². The maximum absolute atomic E-state index is 12.0. The van der Waals surface area contributed by atoms with Crippen LogP contribution in [0.3, 0.4) is 0 Å². The fourth-order valence-corrected chi connectivity index (χ4v) is 2.86. The summed E-state index contributed by atoms with van der Waals surface area (Å²) in [7, 11) is 0. The van der Waals surface area contributed by atoms with Crippen LogP contribution in [0.15, 0.2) is 59.2 Å². The molecule has 9 heteroatoms. The summed E-state index contributed by atoms with van der Waals surface area (Å²) in [6, 6.07) is 12.8. The van der Waals surface area contributed by atoms with Gasteiger partial charge in [0, 0.05) is 18.3 Å². The van der Waals surface area contributed by atoms with Crippen LogP contribution in [0.2, 0.25) is 0 Å². The average Bonchev–Trinajstić information content (AvgIpc) is 3.32. The van der Waals surface area contributed by atoms with E-state index in [1.54, 1.807) is 36.4 Å². The molecule has 3 aromatic rings. The highest BCUT2D eigenvalue weighted by molar-refractivity contribution is 7.17. The van der Waals surface area contributed by atoms with Crippen molar-refractivity contribution >= 4 is 33.8 Å². The maximum Gasteiger partial charge on any atom is 0.324 e. The molecule has 0 aliphatic rings. The zero-order valence-electron chi connectivity index (χ0n) is 13.3. The largest absolute Gasteiger partial charge is 0.459 e. The summed E-state index contributed by atoms with van der Waals surface area (Å²) in [4.78, 5) is 34.3. The van der Waals surface area contributed by atoms with Crippen molar-refractivity contribution in [3.05, 3.63) is 81.1 Å². The quantitative estimate of drug-likeness (QED) is 0.509. The van der Waals surface area contributed by atoms with Crippen LogP contribution < -0.4 is 10.6 Å². The predicted molar refractivity (Wildman–Crippen MR) is 95.2 cm³/mol. The summed E-state index contributed by atoms with van der Waals surface area (Å²) in [6.45, 7) is 0.261. The van der Waals surface area contributed by atoms with Gasteiger partial charge in [0.25, 0.3) is 11.8 Å². The number of thiophene rings is 1. The van der Waals surface area contributed by atoms with E-state index < -0.39 is 4.92 Å². The van der Waals surface area contributed by atoms with Gasteiger partial charge in [0.2, 0.25) is 0 Å². The van der Waals surface area contributed by atoms with Crippen molar-refractivity contribution in [2.75, 3.05) is 5.32 Å². The zero-order chi connectivity index (χ0) is 18.5. The summed E-state index contributed by atoms with van der Waals surface area (Å²) >= 11 is 0.825. The van der Waals surface area contributed by atoms with Gasteiger partial charge in [-0.2, -0.15) is 0 Å². The molecule has 0 atom stereocenters. The monoisotopic (exact) mass is 371 g/mol. The molecule has 0 saturated heterocycles. The number of carbonyl (C=O) groups excluding carboxylic acids is 2. The van der Waals surface area contributed by atoms with Gasteiger partial charge in [0.1, 0.15) is 0 Å². The number of nitro groups is 1. The van der Waals surface area contributed by atoms with Crippen LogP contribution in [0.4, 0.5) is 10.7 Å². The summed E-state index contributed by atoms with van der Waals surface area (Å²) in [5.41, 5.74) is 1.41. The van der Waals surface area contributed by atoms with Gasteiger partial charge >= 0.3 is 5.00 Å². The molecule has 0 unspecified atom stereocenters. The van der Waals surface area contributed by atoms with Crippen LogP contribution in [-0.4, -0.2) is 16.7 Å². The van der Waals surface area contributed by atoms with Crippen LogP contribution in [0.5, 0.6) is 0 Å². The maximum atomic E-state index is 12.0. The van der Waals surface area contributed by atoms with Crippen molar-refractivity contribution < 1.29 is 18.9 Å². The van der Waals surface area contributed by atoms with Crippen LogP contribution in [0.1, 0.15) is 25.8 Å². The lowest BCUT2D eigenvalue weighted by molar-refractivity contribution is -0.380. The Bertz CT molecular complexity index is 932. The molecule has 2 aromatic heterocycles. The van der Waals surface area contributed by atoms with Gasteiger partial charge in [0.15, 0.2) is 5.76 Å². The molecule has 0 aliphatic heterocycles. The molecule has 2 N–H and O–H groups in total. The summed E-state index contributed by atoms with van der Waals surface area (Å²) in [6.07, 6.45) is 1.42. The Balaban J connectivity index is 1.54. The van der Waals surface area contributed by atoms with E-state index in [9.17, 15) is 19.7 Å². The molecule has 0 spiro atoms. The molecule has 3 rings (SSSR count). The van der Waals surface area contributed by atoms with Gasteiger partial charge in [0.05, 0.1) is 16.1 Å². The third-order valence-corrected chi connectivity index (χ3v) is 4.44. The van der Waals surface area contributed by atoms with Crippen molar-refractivity contribution in [2.24, 2.45) is 0 Å². The Morgan fingerprint density at radius 1 is 1.08 bits per heavy atom. The van der Waals surface area contributed by atoms with Crippen molar-refractivity contribution in [3.8, 4) is 0 Å². The first-order valence-corrected chi connectivity index (χ1v) is 8.31. The fraction of sp³-hybridized carbons (Fsp3) is 0.0588. The Labute approximate surface area is 151 Å². The van der Waals surface area contributed by atoms with Crippen LogP contribution in [-0.2, 0) is 6.54 Å². The third kappa shape index (κ3) is 4.14. The molecule has 2 heterocycles. The molecule has 0 fully saturated rings. The molecule has 0 radical (unpaired) electrons. The Morgan fingerprint density at radius 3 is 2.46 bits per heavy atom. The number of rotatable bonds is 6. The Kier molecular flexibility index (Phi) is 5.09. The second kappa shape index (κ2) is 7.62. The SMILES string of the molecule is O=C(Nc1ccc(CNC(=O)c2ccc([N+](=O)[O-])s2)cc1)c1ccco1. The topological polar surface area (TPSA) is 114 Å². The van der Waals surface area contributed by atoms with E-state index in [0.29, 0.717) is 5.69 Å². The summed E-state index contributed by atoms with van der Waals surface area (Å²) in [5.74, 6) is -0.514. The Hall–Kier alpha value is -3.46. The highest BCUT2D eigenvalue weighted by Gasteiger charge is 2.15. The minimum absolute atomic E-state index is 0.0770. The van der Waals surface area contributed by atoms with E-state index in [1.165, 1.54) is 18.4 Å². The first kappa shape index (κ1) is 17.4. The lowest BCUT2D eigenvalue weighted by atomic mass is 10.2. The number of hydrogen-bond donors (Lipinski definition) is 2. The van der Waals surface area contributed by atoms with Gasteiger partial charge in [-0.15, -0.1) is 0 Å². The standard InChI is InChI=1S/C17H13N3O5S/c21-16(13-2-1-9-25-13)19-12-5-3-11(4-6-12)10-18-17(22)14-7-8-15(26-14)20(23)24/h1-9H,10H2,(H,18,22)(H,19,21). The molecule has 26 heavy (non-hydrogen) atoms. The van der Waals surface area contributed by atoms with Crippen molar-refractivity contribution in [1.82, 2.24) is 5.32 Å². The predicted octanol–water partition coefficient (Wildman–Crippen LogP) is 3.43. The number of carbonyl (C=O) groups is 2. The van der Waals surface area contributed by atoms with Gasteiger partial charge in [-0.1, -0.05) is 23.5 Å². The number of hydrogen-bond acceptors (Lipinski definition) is 6. The number of furan rings is 1. The van der Waals surface area contributed by atoms with Crippen molar-refractivity contribution in [1.29, 1.82) is 0 Å². The molecule has 0 bridgehead atoms.